The van der Waals surface area contributed by atoms with Gasteiger partial charge in [-0.15, -0.1) is 0 Å². The molecular formula is C19H24N4O3. The number of aromatic amines is 1. The Balaban J connectivity index is 1.37. The lowest BCUT2D eigenvalue weighted by Crippen LogP contribution is -2.52. The Kier molecular flexibility index (Phi) is 4.40. The lowest BCUT2D eigenvalue weighted by Gasteiger charge is -2.47. The van der Waals surface area contributed by atoms with Crippen LogP contribution in [0.4, 0.5) is 0 Å². The van der Waals surface area contributed by atoms with Crippen molar-refractivity contribution in [2.24, 2.45) is 5.41 Å². The predicted octanol–water partition coefficient (Wildman–Crippen LogP) is 1.85. The molecule has 0 bridgehead atoms. The van der Waals surface area contributed by atoms with E-state index >= 15 is 0 Å². The fraction of sp³-hybridized carbons (Fsp3) is 0.526. The molecule has 0 aliphatic carbocycles. The number of piperidine rings is 2. The maximum absolute atomic E-state index is 12.0. The zero-order valence-corrected chi connectivity index (χ0v) is 14.8. The number of hydrogen-bond donors (Lipinski definition) is 2. The first-order chi connectivity index (χ1) is 12.5. The molecule has 7 nitrogen and oxygen atoms in total. The minimum Gasteiger partial charge on any atom is -0.480 e. The van der Waals surface area contributed by atoms with Crippen LogP contribution in [0.15, 0.2) is 24.3 Å². The van der Waals surface area contributed by atoms with Crippen molar-refractivity contribution in [3.63, 3.8) is 0 Å². The summed E-state index contributed by atoms with van der Waals surface area (Å²) in [6.07, 6.45) is 3.34. The number of carboxylic acids is 1. The zero-order valence-electron chi connectivity index (χ0n) is 14.8. The molecule has 7 heteroatoms. The van der Waals surface area contributed by atoms with Crippen molar-refractivity contribution >= 4 is 22.9 Å². The van der Waals surface area contributed by atoms with E-state index in [9.17, 15) is 9.59 Å². The molecule has 1 spiro atoms. The molecule has 1 amide bonds. The third kappa shape index (κ3) is 3.44. The average molecular weight is 356 g/mol. The van der Waals surface area contributed by atoms with Crippen molar-refractivity contribution in [2.75, 3.05) is 26.2 Å². The van der Waals surface area contributed by atoms with E-state index in [4.69, 9.17) is 5.11 Å². The summed E-state index contributed by atoms with van der Waals surface area (Å²) in [5, 5.41) is 9.02. The van der Waals surface area contributed by atoms with Gasteiger partial charge in [-0.05, 0) is 49.9 Å². The number of para-hydroxylation sites is 2. The third-order valence-electron chi connectivity index (χ3n) is 5.80. The molecule has 4 rings (SSSR count). The number of amides is 1. The standard InChI is InChI=1S/C19H24N4O3/c24-17-5-6-19(13-23(17)12-18(25)26)7-9-22(10-8-19)11-16-20-14-3-1-2-4-15(14)21-16/h1-4H,5-13H2,(H,20,21)(H,25,26). The number of fused-ring (bicyclic) bond motifs is 1. The van der Waals surface area contributed by atoms with E-state index in [1.807, 2.05) is 24.3 Å². The maximum Gasteiger partial charge on any atom is 0.323 e. The first kappa shape index (κ1) is 17.0. The number of aromatic nitrogens is 2. The van der Waals surface area contributed by atoms with E-state index in [0.717, 1.165) is 55.8 Å². The summed E-state index contributed by atoms with van der Waals surface area (Å²) in [5.74, 6) is 0.0222. The van der Waals surface area contributed by atoms with E-state index in [1.54, 1.807) is 0 Å². The predicted molar refractivity (Wildman–Crippen MR) is 96.5 cm³/mol. The highest BCUT2D eigenvalue weighted by molar-refractivity contribution is 5.82. The van der Waals surface area contributed by atoms with Crippen LogP contribution in [0.3, 0.4) is 0 Å². The van der Waals surface area contributed by atoms with Crippen molar-refractivity contribution in [1.82, 2.24) is 19.8 Å². The van der Waals surface area contributed by atoms with Crippen LogP contribution >= 0.6 is 0 Å². The van der Waals surface area contributed by atoms with Gasteiger partial charge >= 0.3 is 5.97 Å². The Labute approximate surface area is 152 Å². The fourth-order valence-corrected chi connectivity index (χ4v) is 4.30. The average Bonchev–Trinajstić information content (AvgIpc) is 3.02. The lowest BCUT2D eigenvalue weighted by molar-refractivity contribution is -0.149. The minimum absolute atomic E-state index is 0.0252. The van der Waals surface area contributed by atoms with Crippen LogP contribution in [-0.2, 0) is 16.1 Å². The Morgan fingerprint density at radius 1 is 1.23 bits per heavy atom. The van der Waals surface area contributed by atoms with Crippen LogP contribution in [0.1, 0.15) is 31.5 Å². The number of carbonyl (C=O) groups excluding carboxylic acids is 1. The van der Waals surface area contributed by atoms with Crippen LogP contribution in [0, 0.1) is 5.41 Å². The van der Waals surface area contributed by atoms with Gasteiger partial charge in [0, 0.05) is 13.0 Å². The second-order valence-electron chi connectivity index (χ2n) is 7.62. The number of nitrogens with zero attached hydrogens (tertiary/aromatic N) is 3. The Hall–Kier alpha value is -2.41. The number of aliphatic carboxylic acids is 1. The van der Waals surface area contributed by atoms with E-state index in [1.165, 1.54) is 4.90 Å². The number of H-pyrrole nitrogens is 1. The largest absolute Gasteiger partial charge is 0.480 e. The smallest absolute Gasteiger partial charge is 0.323 e. The van der Waals surface area contributed by atoms with Crippen molar-refractivity contribution in [3.05, 3.63) is 30.1 Å². The van der Waals surface area contributed by atoms with Gasteiger partial charge in [0.05, 0.1) is 17.6 Å². The highest BCUT2D eigenvalue weighted by atomic mass is 16.4. The molecule has 2 aliphatic heterocycles. The van der Waals surface area contributed by atoms with Crippen LogP contribution < -0.4 is 0 Å². The van der Waals surface area contributed by atoms with Crippen LogP contribution in [0.2, 0.25) is 0 Å². The number of benzene rings is 1. The molecular weight excluding hydrogens is 332 g/mol. The van der Waals surface area contributed by atoms with Crippen LogP contribution in [0.25, 0.3) is 11.0 Å². The fourth-order valence-electron chi connectivity index (χ4n) is 4.30. The lowest BCUT2D eigenvalue weighted by atomic mass is 9.72. The van der Waals surface area contributed by atoms with Crippen molar-refractivity contribution in [1.29, 1.82) is 0 Å². The number of likely N-dealkylation sites (tertiary alicyclic amines) is 2. The number of imidazole rings is 1. The highest BCUT2D eigenvalue weighted by Crippen LogP contribution is 2.40. The summed E-state index contributed by atoms with van der Waals surface area (Å²) in [6.45, 7) is 3.10. The Morgan fingerprint density at radius 2 is 2.00 bits per heavy atom. The molecule has 0 atom stereocenters. The number of hydrogen-bond acceptors (Lipinski definition) is 4. The number of rotatable bonds is 4. The molecule has 2 fully saturated rings. The van der Waals surface area contributed by atoms with Gasteiger partial charge in [-0.1, -0.05) is 12.1 Å². The zero-order chi connectivity index (χ0) is 18.1. The SMILES string of the molecule is O=C(O)CN1CC2(CCC1=O)CCN(Cc1nc3ccccc3[nH]1)CC2. The molecule has 0 radical (unpaired) electrons. The third-order valence-corrected chi connectivity index (χ3v) is 5.80. The number of carbonyl (C=O) groups is 2. The number of carboxylic acid groups (broad SMARTS) is 1. The second kappa shape index (κ2) is 6.72. The monoisotopic (exact) mass is 356 g/mol. The summed E-state index contributed by atoms with van der Waals surface area (Å²) < 4.78 is 0. The normalized spacial score (nSPS) is 20.8. The van der Waals surface area contributed by atoms with E-state index in [-0.39, 0.29) is 17.9 Å². The van der Waals surface area contributed by atoms with E-state index < -0.39 is 5.97 Å². The Morgan fingerprint density at radius 3 is 2.73 bits per heavy atom. The molecule has 1 aromatic carbocycles. The van der Waals surface area contributed by atoms with Crippen molar-refractivity contribution in [2.45, 2.75) is 32.2 Å². The molecule has 2 N–H and O–H groups in total. The second-order valence-corrected chi connectivity index (χ2v) is 7.62. The molecule has 1 aromatic heterocycles. The van der Waals surface area contributed by atoms with Gasteiger partial charge in [-0.3, -0.25) is 14.5 Å². The summed E-state index contributed by atoms with van der Waals surface area (Å²) in [5.41, 5.74) is 2.13. The quantitative estimate of drug-likeness (QED) is 0.873. The summed E-state index contributed by atoms with van der Waals surface area (Å²) in [6, 6.07) is 8.04. The molecule has 0 unspecified atom stereocenters. The van der Waals surface area contributed by atoms with Gasteiger partial charge in [-0.2, -0.15) is 0 Å². The van der Waals surface area contributed by atoms with Gasteiger partial charge in [0.15, 0.2) is 0 Å². The van der Waals surface area contributed by atoms with Gasteiger partial charge in [0.25, 0.3) is 0 Å². The summed E-state index contributed by atoms with van der Waals surface area (Å²) in [7, 11) is 0. The van der Waals surface area contributed by atoms with Gasteiger partial charge < -0.3 is 15.0 Å². The number of nitrogens with one attached hydrogen (secondary N) is 1. The van der Waals surface area contributed by atoms with Gasteiger partial charge in [0.2, 0.25) is 5.91 Å². The Bertz CT molecular complexity index is 790. The molecule has 2 aromatic rings. The first-order valence-corrected chi connectivity index (χ1v) is 9.19. The molecule has 2 saturated heterocycles. The maximum atomic E-state index is 12.0. The first-order valence-electron chi connectivity index (χ1n) is 9.19. The highest BCUT2D eigenvalue weighted by Gasteiger charge is 2.41. The van der Waals surface area contributed by atoms with Gasteiger partial charge in [-0.25, -0.2) is 4.98 Å². The van der Waals surface area contributed by atoms with Crippen LogP contribution in [0.5, 0.6) is 0 Å². The molecule has 138 valence electrons. The minimum atomic E-state index is -0.933. The van der Waals surface area contributed by atoms with E-state index in [2.05, 4.69) is 14.9 Å². The summed E-state index contributed by atoms with van der Waals surface area (Å²) in [4.78, 5) is 34.9. The summed E-state index contributed by atoms with van der Waals surface area (Å²) >= 11 is 0. The van der Waals surface area contributed by atoms with Crippen LogP contribution in [-0.4, -0.2) is 62.9 Å². The van der Waals surface area contributed by atoms with E-state index in [0.29, 0.717) is 13.0 Å². The molecule has 26 heavy (non-hydrogen) atoms. The van der Waals surface area contributed by atoms with Crippen molar-refractivity contribution < 1.29 is 14.7 Å². The van der Waals surface area contributed by atoms with Crippen molar-refractivity contribution in [3.8, 4) is 0 Å². The molecule has 0 saturated carbocycles. The topological polar surface area (TPSA) is 89.5 Å². The molecule has 2 aliphatic rings. The molecule has 3 heterocycles. The van der Waals surface area contributed by atoms with Gasteiger partial charge in [0.1, 0.15) is 12.4 Å².